The first-order chi connectivity index (χ1) is 8.24. The van der Waals surface area contributed by atoms with Crippen molar-refractivity contribution in [1.29, 1.82) is 0 Å². The van der Waals surface area contributed by atoms with Crippen LogP contribution in [0.2, 0.25) is 0 Å². The van der Waals surface area contributed by atoms with Crippen LogP contribution in [0.4, 0.5) is 11.8 Å². The zero-order valence-corrected chi connectivity index (χ0v) is 10.5. The van der Waals surface area contributed by atoms with Crippen molar-refractivity contribution >= 4 is 11.8 Å². The van der Waals surface area contributed by atoms with Crippen LogP contribution in [0.5, 0.6) is 0 Å². The van der Waals surface area contributed by atoms with E-state index < -0.39 is 0 Å². The molecular formula is C12H20N4O. The van der Waals surface area contributed by atoms with E-state index in [1.807, 2.05) is 20.2 Å². The number of hydrogen-bond donors (Lipinski definition) is 2. The number of piperidine rings is 1. The van der Waals surface area contributed by atoms with Crippen molar-refractivity contribution < 1.29 is 5.11 Å². The van der Waals surface area contributed by atoms with Crippen LogP contribution in [0.25, 0.3) is 0 Å². The molecule has 0 unspecified atom stereocenters. The Hall–Kier alpha value is -1.36. The summed E-state index contributed by atoms with van der Waals surface area (Å²) in [4.78, 5) is 11.0. The van der Waals surface area contributed by atoms with Gasteiger partial charge in [0.1, 0.15) is 5.82 Å². The van der Waals surface area contributed by atoms with Gasteiger partial charge in [0.15, 0.2) is 0 Å². The SMILES string of the molecule is CNc1ncc(C)c(N2CCC(CO)CC2)n1. The summed E-state index contributed by atoms with van der Waals surface area (Å²) in [7, 11) is 1.83. The van der Waals surface area contributed by atoms with Gasteiger partial charge in [-0.2, -0.15) is 4.98 Å². The fourth-order valence-corrected chi connectivity index (χ4v) is 2.20. The predicted octanol–water partition coefficient (Wildman–Crippen LogP) is 1.04. The smallest absolute Gasteiger partial charge is 0.224 e. The van der Waals surface area contributed by atoms with Gasteiger partial charge in [-0.25, -0.2) is 4.98 Å². The molecule has 0 atom stereocenters. The molecule has 2 heterocycles. The van der Waals surface area contributed by atoms with Gasteiger partial charge in [0.2, 0.25) is 5.95 Å². The average Bonchev–Trinajstić information content (AvgIpc) is 2.39. The largest absolute Gasteiger partial charge is 0.396 e. The first-order valence-electron chi connectivity index (χ1n) is 6.11. The highest BCUT2D eigenvalue weighted by Crippen LogP contribution is 2.24. The lowest BCUT2D eigenvalue weighted by atomic mass is 9.98. The lowest BCUT2D eigenvalue weighted by Crippen LogP contribution is -2.35. The molecule has 5 heteroatoms. The van der Waals surface area contributed by atoms with Crippen LogP contribution in [-0.2, 0) is 0 Å². The first kappa shape index (κ1) is 12.1. The Balaban J connectivity index is 2.12. The van der Waals surface area contributed by atoms with Crippen LogP contribution < -0.4 is 10.2 Å². The number of aliphatic hydroxyl groups is 1. The van der Waals surface area contributed by atoms with Crippen molar-refractivity contribution in [3.8, 4) is 0 Å². The summed E-state index contributed by atoms with van der Waals surface area (Å²) in [5.41, 5.74) is 1.10. The third-order valence-corrected chi connectivity index (χ3v) is 3.34. The molecule has 0 amide bonds. The Morgan fingerprint density at radius 1 is 1.47 bits per heavy atom. The van der Waals surface area contributed by atoms with E-state index in [-0.39, 0.29) is 0 Å². The Morgan fingerprint density at radius 2 is 2.18 bits per heavy atom. The van der Waals surface area contributed by atoms with Crippen LogP contribution in [0.3, 0.4) is 0 Å². The molecule has 1 aliphatic heterocycles. The van der Waals surface area contributed by atoms with Crippen molar-refractivity contribution in [3.05, 3.63) is 11.8 Å². The number of nitrogens with one attached hydrogen (secondary N) is 1. The average molecular weight is 236 g/mol. The van der Waals surface area contributed by atoms with Crippen molar-refractivity contribution in [2.24, 2.45) is 5.92 Å². The maximum atomic E-state index is 9.13. The molecule has 1 fully saturated rings. The van der Waals surface area contributed by atoms with E-state index in [0.29, 0.717) is 18.5 Å². The summed E-state index contributed by atoms with van der Waals surface area (Å²) in [6.07, 6.45) is 3.93. The lowest BCUT2D eigenvalue weighted by molar-refractivity contribution is 0.202. The van der Waals surface area contributed by atoms with Gasteiger partial charge in [-0.05, 0) is 25.7 Å². The maximum absolute atomic E-state index is 9.13. The van der Waals surface area contributed by atoms with E-state index in [0.717, 1.165) is 37.3 Å². The monoisotopic (exact) mass is 236 g/mol. The van der Waals surface area contributed by atoms with E-state index in [9.17, 15) is 0 Å². The molecule has 17 heavy (non-hydrogen) atoms. The van der Waals surface area contributed by atoms with Crippen LogP contribution in [-0.4, -0.2) is 41.8 Å². The van der Waals surface area contributed by atoms with Gasteiger partial charge in [-0.15, -0.1) is 0 Å². The van der Waals surface area contributed by atoms with Crippen molar-refractivity contribution in [2.45, 2.75) is 19.8 Å². The molecule has 0 bridgehead atoms. The number of nitrogens with zero attached hydrogens (tertiary/aromatic N) is 3. The molecule has 1 aromatic heterocycles. The van der Waals surface area contributed by atoms with Gasteiger partial charge in [0.05, 0.1) is 0 Å². The Bertz CT molecular complexity index is 375. The molecule has 1 aliphatic rings. The minimum atomic E-state index is 0.304. The number of hydrogen-bond acceptors (Lipinski definition) is 5. The summed E-state index contributed by atoms with van der Waals surface area (Å²) < 4.78 is 0. The fourth-order valence-electron chi connectivity index (χ4n) is 2.20. The molecule has 0 aliphatic carbocycles. The molecule has 5 nitrogen and oxygen atoms in total. The topological polar surface area (TPSA) is 61.3 Å². The molecule has 0 saturated carbocycles. The molecule has 94 valence electrons. The second-order valence-corrected chi connectivity index (χ2v) is 4.56. The van der Waals surface area contributed by atoms with Crippen LogP contribution in [0, 0.1) is 12.8 Å². The van der Waals surface area contributed by atoms with Gasteiger partial charge >= 0.3 is 0 Å². The second-order valence-electron chi connectivity index (χ2n) is 4.56. The van der Waals surface area contributed by atoms with E-state index in [1.54, 1.807) is 0 Å². The second kappa shape index (κ2) is 5.31. The number of aryl methyl sites for hydroxylation is 1. The molecule has 1 aromatic rings. The van der Waals surface area contributed by atoms with Gasteiger partial charge in [-0.3, -0.25) is 0 Å². The highest BCUT2D eigenvalue weighted by Gasteiger charge is 2.20. The minimum absolute atomic E-state index is 0.304. The van der Waals surface area contributed by atoms with Gasteiger partial charge in [0, 0.05) is 38.5 Å². The fraction of sp³-hybridized carbons (Fsp3) is 0.667. The Kier molecular flexibility index (Phi) is 3.78. The number of aliphatic hydroxyl groups excluding tert-OH is 1. The highest BCUT2D eigenvalue weighted by atomic mass is 16.3. The third-order valence-electron chi connectivity index (χ3n) is 3.34. The summed E-state index contributed by atoms with van der Waals surface area (Å²) >= 11 is 0. The lowest BCUT2D eigenvalue weighted by Gasteiger charge is -2.32. The molecule has 0 aromatic carbocycles. The predicted molar refractivity (Wildman–Crippen MR) is 68.3 cm³/mol. The van der Waals surface area contributed by atoms with E-state index in [1.165, 1.54) is 0 Å². The van der Waals surface area contributed by atoms with Gasteiger partial charge in [0.25, 0.3) is 0 Å². The van der Waals surface area contributed by atoms with Crippen molar-refractivity contribution in [1.82, 2.24) is 9.97 Å². The Labute approximate surface area is 102 Å². The van der Waals surface area contributed by atoms with Crippen molar-refractivity contribution in [3.63, 3.8) is 0 Å². The zero-order chi connectivity index (χ0) is 12.3. The van der Waals surface area contributed by atoms with Crippen LogP contribution in [0.15, 0.2) is 6.20 Å². The number of aromatic nitrogens is 2. The Morgan fingerprint density at radius 3 is 2.76 bits per heavy atom. The summed E-state index contributed by atoms with van der Waals surface area (Å²) in [5.74, 6) is 2.13. The van der Waals surface area contributed by atoms with E-state index in [2.05, 4.69) is 20.2 Å². The summed E-state index contributed by atoms with van der Waals surface area (Å²) in [5, 5.41) is 12.1. The zero-order valence-electron chi connectivity index (χ0n) is 10.5. The summed E-state index contributed by atoms with van der Waals surface area (Å²) in [6, 6.07) is 0. The molecule has 2 rings (SSSR count). The van der Waals surface area contributed by atoms with Crippen molar-refractivity contribution in [2.75, 3.05) is 37.0 Å². The first-order valence-corrected chi connectivity index (χ1v) is 6.11. The molecule has 2 N–H and O–H groups in total. The molecule has 1 saturated heterocycles. The summed E-state index contributed by atoms with van der Waals surface area (Å²) in [6.45, 7) is 4.27. The van der Waals surface area contributed by atoms with E-state index in [4.69, 9.17) is 5.11 Å². The molecule has 0 radical (unpaired) electrons. The third kappa shape index (κ3) is 2.66. The molecular weight excluding hydrogens is 216 g/mol. The quantitative estimate of drug-likeness (QED) is 0.821. The van der Waals surface area contributed by atoms with Gasteiger partial charge in [-0.1, -0.05) is 0 Å². The minimum Gasteiger partial charge on any atom is -0.396 e. The highest BCUT2D eigenvalue weighted by molar-refractivity contribution is 5.49. The van der Waals surface area contributed by atoms with Crippen LogP contribution >= 0.6 is 0 Å². The normalized spacial score (nSPS) is 17.2. The molecule has 0 spiro atoms. The number of rotatable bonds is 3. The standard InChI is InChI=1S/C12H20N4O/c1-9-7-14-12(13-2)15-11(9)16-5-3-10(8-17)4-6-16/h7,10,17H,3-6,8H2,1-2H3,(H,13,14,15). The number of anilines is 2. The van der Waals surface area contributed by atoms with E-state index >= 15 is 0 Å². The van der Waals surface area contributed by atoms with Gasteiger partial charge < -0.3 is 15.3 Å². The van der Waals surface area contributed by atoms with Crippen LogP contribution in [0.1, 0.15) is 18.4 Å². The maximum Gasteiger partial charge on any atom is 0.224 e.